The summed E-state index contributed by atoms with van der Waals surface area (Å²) in [6.07, 6.45) is 1.90. The van der Waals surface area contributed by atoms with E-state index in [4.69, 9.17) is 19.9 Å². The summed E-state index contributed by atoms with van der Waals surface area (Å²) in [7, 11) is 0. The van der Waals surface area contributed by atoms with Crippen LogP contribution in [-0.4, -0.2) is 24.5 Å². The number of rotatable bonds is 10. The van der Waals surface area contributed by atoms with Crippen LogP contribution in [0, 0.1) is 18.8 Å². The fourth-order valence-corrected chi connectivity index (χ4v) is 11.2. The van der Waals surface area contributed by atoms with E-state index in [-0.39, 0.29) is 26.5 Å². The van der Waals surface area contributed by atoms with Crippen molar-refractivity contribution in [3.8, 4) is 84.5 Å². The minimum Gasteiger partial charge on any atom is -0.488 e. The number of hydrogen-bond acceptors (Lipinski definition) is 6. The van der Waals surface area contributed by atoms with Gasteiger partial charge >= 0.3 is 0 Å². The quantitative estimate of drug-likeness (QED) is 0.127. The standard InChI is InChI=1S/C73H52N7.Pt/c1-73(2,3)56-42-43-74-66(46-56)80-62-37-20-19-36-58(62)59-41-40-55(45-65(59)80)72-76-70(53-32-17-8-18-33-53)75-71(77-72)54-34-23-35-57(44-54)78-48-79(64-39-22-21-38-63(64)78)69-67(51-28-13-6-14-29-51)60(49-24-9-4-10-25-49)47-61(50-26-11-5-12-27-50)68(69)52-30-15-7-16-31-52;/h4-43,46-48H,1-3H3;/q-3;. The molecule has 0 amide bonds. The molecule has 1 aliphatic heterocycles. The summed E-state index contributed by atoms with van der Waals surface area (Å²) in [5, 5.41) is 2.19. The number of benzene rings is 10. The van der Waals surface area contributed by atoms with Gasteiger partial charge in [-0.2, -0.15) is 0 Å². The third-order valence-corrected chi connectivity index (χ3v) is 15.1. The molecule has 81 heavy (non-hydrogen) atoms. The van der Waals surface area contributed by atoms with Crippen LogP contribution in [0.15, 0.2) is 255 Å². The molecule has 392 valence electrons. The molecular weight excluding hydrogens is 1170 g/mol. The van der Waals surface area contributed by atoms with Crippen LogP contribution in [0.2, 0.25) is 0 Å². The van der Waals surface area contributed by atoms with Crippen molar-refractivity contribution in [2.24, 2.45) is 0 Å². The Balaban J connectivity index is 0.00000618. The number of hydrogen-bond donors (Lipinski definition) is 0. The molecule has 0 bridgehead atoms. The number of pyridine rings is 1. The molecule has 0 radical (unpaired) electrons. The first-order valence-electron chi connectivity index (χ1n) is 27.0. The van der Waals surface area contributed by atoms with Crippen LogP contribution < -0.4 is 9.80 Å². The van der Waals surface area contributed by atoms with E-state index in [0.717, 1.165) is 112 Å². The van der Waals surface area contributed by atoms with Gasteiger partial charge in [0.2, 0.25) is 0 Å². The molecular formula is C73H52N7Pt-3. The van der Waals surface area contributed by atoms with Crippen LogP contribution in [0.3, 0.4) is 0 Å². The van der Waals surface area contributed by atoms with Gasteiger partial charge in [0.1, 0.15) is 11.6 Å². The van der Waals surface area contributed by atoms with E-state index < -0.39 is 0 Å². The van der Waals surface area contributed by atoms with E-state index in [1.807, 2.05) is 42.6 Å². The molecule has 7 nitrogen and oxygen atoms in total. The summed E-state index contributed by atoms with van der Waals surface area (Å²) in [5.41, 5.74) is 18.3. The molecule has 1 aliphatic rings. The van der Waals surface area contributed by atoms with Crippen molar-refractivity contribution in [2.45, 2.75) is 26.2 Å². The fraction of sp³-hybridized carbons (Fsp3) is 0.0548. The van der Waals surface area contributed by atoms with Gasteiger partial charge in [-0.05, 0) is 91.7 Å². The predicted octanol–water partition coefficient (Wildman–Crippen LogP) is 18.3. The second-order valence-electron chi connectivity index (χ2n) is 21.1. The van der Waals surface area contributed by atoms with E-state index in [1.165, 1.54) is 5.56 Å². The first-order valence-corrected chi connectivity index (χ1v) is 27.0. The van der Waals surface area contributed by atoms with Crippen molar-refractivity contribution in [3.63, 3.8) is 0 Å². The maximum Gasteiger partial charge on any atom is 0.144 e. The van der Waals surface area contributed by atoms with E-state index in [1.54, 1.807) is 0 Å². The zero-order valence-corrected chi connectivity index (χ0v) is 47.0. The Hall–Kier alpha value is -9.55. The molecule has 0 N–H and O–H groups in total. The maximum atomic E-state index is 5.30. The molecule has 4 heterocycles. The van der Waals surface area contributed by atoms with E-state index in [0.29, 0.717) is 17.5 Å². The average Bonchev–Trinajstić information content (AvgIpc) is 4.29. The van der Waals surface area contributed by atoms with Crippen LogP contribution in [-0.2, 0) is 26.5 Å². The second kappa shape index (κ2) is 21.3. The third kappa shape index (κ3) is 9.39. The molecule has 3 aromatic heterocycles. The van der Waals surface area contributed by atoms with Crippen molar-refractivity contribution in [1.82, 2.24) is 24.5 Å². The SMILES string of the molecule is CC(C)(C)c1ccnc(-n2c3[c-]c(-c4nc(-c5[c-]c(N6[CH-]N(c7c(-c8ccccc8)c(-c8ccccc8)cc(-c8ccccc8)c7-c7ccccc7)c7ccccc76)ccc5)nc(-c5ccccc5)n4)ccc3c3ccccc32)c1.[Pt]. The first-order chi connectivity index (χ1) is 39.3. The van der Waals surface area contributed by atoms with Crippen molar-refractivity contribution in [3.05, 3.63) is 279 Å². The summed E-state index contributed by atoms with van der Waals surface area (Å²) in [4.78, 5) is 25.3. The zero-order valence-electron chi connectivity index (χ0n) is 44.8. The van der Waals surface area contributed by atoms with Gasteiger partial charge in [-0.15, -0.1) is 60.3 Å². The number of para-hydroxylation sites is 3. The number of anilines is 4. The topological polar surface area (TPSA) is 63.0 Å². The maximum absolute atomic E-state index is 5.30. The fourth-order valence-electron chi connectivity index (χ4n) is 11.2. The molecule has 0 aliphatic carbocycles. The van der Waals surface area contributed by atoms with E-state index in [2.05, 4.69) is 266 Å². The monoisotopic (exact) mass is 1220 g/mol. The van der Waals surface area contributed by atoms with Crippen molar-refractivity contribution < 1.29 is 21.1 Å². The number of aromatic nitrogens is 5. The van der Waals surface area contributed by atoms with Gasteiger partial charge < -0.3 is 19.4 Å². The van der Waals surface area contributed by atoms with Gasteiger partial charge in [-0.25, -0.2) is 4.98 Å². The molecule has 0 spiro atoms. The molecule has 0 unspecified atom stereocenters. The Morgan fingerprint density at radius 1 is 0.420 bits per heavy atom. The number of nitrogens with zero attached hydrogens (tertiary/aromatic N) is 7. The van der Waals surface area contributed by atoms with Crippen LogP contribution in [0.4, 0.5) is 22.7 Å². The summed E-state index contributed by atoms with van der Waals surface area (Å²) >= 11 is 0. The van der Waals surface area contributed by atoms with E-state index >= 15 is 0 Å². The summed E-state index contributed by atoms with van der Waals surface area (Å²) in [6, 6.07) is 95.1. The Bertz CT molecular complexity index is 4320. The Labute approximate surface area is 486 Å². The summed E-state index contributed by atoms with van der Waals surface area (Å²) in [6.45, 7) is 8.91. The number of fused-ring (bicyclic) bond motifs is 4. The molecule has 0 saturated heterocycles. The Morgan fingerprint density at radius 2 is 0.926 bits per heavy atom. The minimum absolute atomic E-state index is 0. The van der Waals surface area contributed by atoms with Gasteiger partial charge in [-0.1, -0.05) is 214 Å². The molecule has 13 aromatic rings. The van der Waals surface area contributed by atoms with E-state index in [9.17, 15) is 0 Å². The van der Waals surface area contributed by atoms with Gasteiger partial charge in [0.15, 0.2) is 0 Å². The van der Waals surface area contributed by atoms with Gasteiger partial charge in [0, 0.05) is 66.5 Å². The Morgan fingerprint density at radius 3 is 1.52 bits per heavy atom. The van der Waals surface area contributed by atoms with Crippen LogP contribution in [0.1, 0.15) is 26.3 Å². The summed E-state index contributed by atoms with van der Waals surface area (Å²) in [5.74, 6) is 2.38. The molecule has 10 aromatic carbocycles. The normalized spacial score (nSPS) is 12.2. The molecule has 14 rings (SSSR count). The largest absolute Gasteiger partial charge is 0.488 e. The van der Waals surface area contributed by atoms with Crippen molar-refractivity contribution in [2.75, 3.05) is 9.80 Å². The van der Waals surface area contributed by atoms with Crippen LogP contribution in [0.5, 0.6) is 0 Å². The second-order valence-corrected chi connectivity index (χ2v) is 21.1. The van der Waals surface area contributed by atoms with Gasteiger partial charge in [0.25, 0.3) is 0 Å². The molecule has 0 saturated carbocycles. The minimum atomic E-state index is -0.0663. The van der Waals surface area contributed by atoms with Crippen LogP contribution in [0.25, 0.3) is 106 Å². The average molecular weight is 1220 g/mol. The Kier molecular flexibility index (Phi) is 13.4. The third-order valence-electron chi connectivity index (χ3n) is 15.1. The molecule has 0 atom stereocenters. The summed E-state index contributed by atoms with van der Waals surface area (Å²) < 4.78 is 2.21. The van der Waals surface area contributed by atoms with Gasteiger partial charge in [-0.3, -0.25) is 9.97 Å². The van der Waals surface area contributed by atoms with Gasteiger partial charge in [0.05, 0.1) is 11.6 Å². The zero-order chi connectivity index (χ0) is 53.7. The first kappa shape index (κ1) is 50.9. The smallest absolute Gasteiger partial charge is 0.144 e. The van der Waals surface area contributed by atoms with Crippen LogP contribution >= 0.6 is 0 Å². The molecule has 8 heteroatoms. The van der Waals surface area contributed by atoms with Crippen molar-refractivity contribution in [1.29, 1.82) is 0 Å². The molecule has 0 fully saturated rings. The predicted molar refractivity (Wildman–Crippen MR) is 328 cm³/mol. The van der Waals surface area contributed by atoms with Crippen molar-refractivity contribution >= 4 is 44.6 Å².